The Morgan fingerprint density at radius 2 is 1.06 bits per heavy atom. The summed E-state index contributed by atoms with van der Waals surface area (Å²) >= 11 is 0. The first kappa shape index (κ1) is 48.3. The number of hydrogen-bond donors (Lipinski definition) is 0. The first-order valence-corrected chi connectivity index (χ1v) is 22.6. The van der Waals surface area contributed by atoms with Crippen molar-refractivity contribution >= 4 is 0 Å². The van der Waals surface area contributed by atoms with Gasteiger partial charge in [-0.05, 0) is 97.9 Å². The number of rotatable bonds is 11. The van der Waals surface area contributed by atoms with E-state index in [1.165, 1.54) is 57.6 Å². The minimum Gasteiger partial charge on any atom is -0.345 e. The van der Waals surface area contributed by atoms with Crippen LogP contribution in [0, 0.1) is 36.2 Å². The molecular weight excluding hydrogens is 1010 g/mol. The minimum atomic E-state index is -0.312. The molecule has 0 spiro atoms. The van der Waals surface area contributed by atoms with Gasteiger partial charge in [-0.25, -0.2) is 0 Å². The van der Waals surface area contributed by atoms with Crippen molar-refractivity contribution in [2.75, 3.05) is 0 Å². The quantitative estimate of drug-likeness (QED) is 0.0956. The molecule has 0 bridgehead atoms. The Kier molecular flexibility index (Phi) is 15.7. The zero-order valence-electron chi connectivity index (χ0n) is 38.9. The molecule has 0 unspecified atom stereocenters. The van der Waals surface area contributed by atoms with Crippen molar-refractivity contribution in [1.29, 1.82) is 0 Å². The first-order chi connectivity index (χ1) is 31.9. The number of aromatic nitrogens is 4. The fraction of sp³-hybridized carbons (Fsp3) is 0.183. The molecule has 9 aromatic rings. The molecule has 9 rings (SSSR count). The molecule has 67 heavy (non-hydrogen) atoms. The second-order valence-corrected chi connectivity index (χ2v) is 17.4. The molecule has 1 radical (unpaired) electrons. The first-order valence-electron chi connectivity index (χ1n) is 22.6. The van der Waals surface area contributed by atoms with Crippen molar-refractivity contribution in [2.45, 2.75) is 72.8 Å². The molecule has 0 atom stereocenters. The second-order valence-electron chi connectivity index (χ2n) is 17.4. The summed E-state index contributed by atoms with van der Waals surface area (Å²) in [7, 11) is 0. The molecule has 0 N–H and O–H groups in total. The number of halogens is 2. The standard InChI is InChI=1S/C31H35FN3.C29H18FN.Ir/c1-8-34-13-14-35(19-34)30-18-25(17-29(33-30)23-9-11-26(32)12-10-23)31-27(21(4)5)15-24(20(2)3)16-28(31)22(6)7;30-27-17-15-25(16-18-27)29-20-26(19-28(31-29)24-9-5-2-6-10-24)23-13-11-22(12-14-23)21-7-3-1-4-8-21;/h9,11-18,20-22H,8H2,1-7H3;1-9,11-15,17-20H;/q-1;-2;. The van der Waals surface area contributed by atoms with Crippen LogP contribution >= 0.6 is 0 Å². The molecule has 0 aliphatic carbocycles. The Morgan fingerprint density at radius 3 is 1.55 bits per heavy atom. The topological polar surface area (TPSA) is 34.6 Å². The van der Waals surface area contributed by atoms with E-state index >= 15 is 0 Å². The fourth-order valence-electron chi connectivity index (χ4n) is 8.01. The Morgan fingerprint density at radius 1 is 0.537 bits per heavy atom. The number of hydrogen-bond acceptors (Lipinski definition) is 2. The van der Waals surface area contributed by atoms with Gasteiger partial charge in [0.2, 0.25) is 6.33 Å². The van der Waals surface area contributed by atoms with Crippen LogP contribution in [0.5, 0.6) is 0 Å². The smallest absolute Gasteiger partial charge is 0.244 e. The maximum atomic E-state index is 13.7. The van der Waals surface area contributed by atoms with E-state index in [2.05, 4.69) is 140 Å². The fourth-order valence-corrected chi connectivity index (χ4v) is 8.01. The molecule has 0 saturated carbocycles. The van der Waals surface area contributed by atoms with Crippen LogP contribution in [0.25, 0.3) is 73.0 Å². The summed E-state index contributed by atoms with van der Waals surface area (Å²) in [5.74, 6) is 1.34. The van der Waals surface area contributed by atoms with Crippen LogP contribution in [0.15, 0.2) is 164 Å². The van der Waals surface area contributed by atoms with E-state index in [4.69, 9.17) is 9.97 Å². The zero-order chi connectivity index (χ0) is 46.3. The third-order valence-electron chi connectivity index (χ3n) is 11.7. The van der Waals surface area contributed by atoms with Gasteiger partial charge in [0, 0.05) is 44.1 Å². The molecule has 7 heteroatoms. The average molecular weight is 1060 g/mol. The van der Waals surface area contributed by atoms with Crippen LogP contribution in [-0.2, 0) is 26.7 Å². The molecule has 3 aromatic heterocycles. The number of pyridine rings is 2. The average Bonchev–Trinajstić information content (AvgIpc) is 3.84. The summed E-state index contributed by atoms with van der Waals surface area (Å²) in [6, 6.07) is 58.0. The third-order valence-corrected chi connectivity index (χ3v) is 11.7. The van der Waals surface area contributed by atoms with E-state index in [1.54, 1.807) is 12.1 Å². The normalized spacial score (nSPS) is 11.1. The Balaban J connectivity index is 0.000000197. The molecule has 3 heterocycles. The van der Waals surface area contributed by atoms with Crippen LogP contribution in [0.4, 0.5) is 8.78 Å². The van der Waals surface area contributed by atoms with Crippen LogP contribution < -0.4 is 4.57 Å². The van der Waals surface area contributed by atoms with Crippen LogP contribution in [-0.4, -0.2) is 14.5 Å². The van der Waals surface area contributed by atoms with E-state index in [0.29, 0.717) is 17.8 Å². The van der Waals surface area contributed by atoms with E-state index in [0.717, 1.165) is 62.8 Å². The molecular formula is C60H53F2IrN4-3. The molecule has 0 fully saturated rings. The van der Waals surface area contributed by atoms with Crippen molar-refractivity contribution in [3.05, 3.63) is 217 Å². The van der Waals surface area contributed by atoms with Crippen molar-refractivity contribution in [1.82, 2.24) is 14.5 Å². The Hall–Kier alpha value is -6.66. The summed E-state index contributed by atoms with van der Waals surface area (Å²) in [5, 5.41) is 0. The van der Waals surface area contributed by atoms with Gasteiger partial charge in [-0.2, -0.15) is 0 Å². The van der Waals surface area contributed by atoms with Gasteiger partial charge in [0.25, 0.3) is 0 Å². The number of nitrogens with zero attached hydrogens (tertiary/aromatic N) is 4. The van der Waals surface area contributed by atoms with Crippen molar-refractivity contribution in [3.63, 3.8) is 0 Å². The molecule has 6 aromatic carbocycles. The van der Waals surface area contributed by atoms with Gasteiger partial charge in [-0.3, -0.25) is 8.78 Å². The van der Waals surface area contributed by atoms with E-state index in [9.17, 15) is 8.78 Å². The summed E-state index contributed by atoms with van der Waals surface area (Å²) in [5.41, 5.74) is 15.6. The van der Waals surface area contributed by atoms with Crippen LogP contribution in [0.2, 0.25) is 0 Å². The summed E-state index contributed by atoms with van der Waals surface area (Å²) in [4.78, 5) is 9.75. The van der Waals surface area contributed by atoms with Gasteiger partial charge in [0.1, 0.15) is 5.82 Å². The van der Waals surface area contributed by atoms with E-state index in [-0.39, 0.29) is 31.7 Å². The molecule has 0 amide bonds. The van der Waals surface area contributed by atoms with E-state index in [1.807, 2.05) is 70.1 Å². The summed E-state index contributed by atoms with van der Waals surface area (Å²) < 4.78 is 31.0. The molecule has 339 valence electrons. The van der Waals surface area contributed by atoms with Gasteiger partial charge in [0.05, 0.1) is 6.54 Å². The van der Waals surface area contributed by atoms with Crippen molar-refractivity contribution < 1.29 is 33.5 Å². The molecule has 4 nitrogen and oxygen atoms in total. The largest absolute Gasteiger partial charge is 0.345 e. The number of benzene rings is 6. The molecule has 0 saturated heterocycles. The van der Waals surface area contributed by atoms with E-state index < -0.39 is 0 Å². The van der Waals surface area contributed by atoms with Gasteiger partial charge in [-0.1, -0.05) is 126 Å². The predicted molar refractivity (Wildman–Crippen MR) is 264 cm³/mol. The Labute approximate surface area is 408 Å². The number of imidazole rings is 1. The zero-order valence-corrected chi connectivity index (χ0v) is 41.3. The van der Waals surface area contributed by atoms with Crippen LogP contribution in [0.3, 0.4) is 0 Å². The van der Waals surface area contributed by atoms with Crippen LogP contribution in [0.1, 0.15) is 82.9 Å². The predicted octanol–water partition coefficient (Wildman–Crippen LogP) is 15.1. The monoisotopic (exact) mass is 1060 g/mol. The summed E-state index contributed by atoms with van der Waals surface area (Å²) in [6.45, 7) is 16.5. The van der Waals surface area contributed by atoms with Crippen molar-refractivity contribution in [2.24, 2.45) is 0 Å². The SMILES string of the molecule is CC[n+]1[c-]n(-c2cc(-c3c(C(C)C)cc(C(C)C)cc3C(C)C)cc(-c3[c-]cc(F)cc3)n2)cc1.Fc1c[c-]c(-c2cc(-c3ccc(-c4ccccc4)cc3)cc(-c3[c-]cccc3)n2)cc1.[Ir]. The van der Waals surface area contributed by atoms with Gasteiger partial charge >= 0.3 is 0 Å². The summed E-state index contributed by atoms with van der Waals surface area (Å²) in [6.07, 6.45) is 7.31. The Bertz CT molecular complexity index is 3000. The maximum Gasteiger partial charge on any atom is 0.244 e. The third kappa shape index (κ3) is 11.5. The van der Waals surface area contributed by atoms with Crippen molar-refractivity contribution in [3.8, 4) is 73.0 Å². The second kappa shape index (κ2) is 21.8. The number of aryl methyl sites for hydroxylation is 1. The minimum absolute atomic E-state index is 0. The van der Waals surface area contributed by atoms with Gasteiger partial charge in [-0.15, -0.1) is 95.6 Å². The van der Waals surface area contributed by atoms with Gasteiger partial charge in [0.15, 0.2) is 0 Å². The molecule has 0 aliphatic heterocycles. The maximum absolute atomic E-state index is 13.7. The van der Waals surface area contributed by atoms with Gasteiger partial charge < -0.3 is 19.1 Å². The molecule has 0 aliphatic rings.